The van der Waals surface area contributed by atoms with E-state index in [-0.39, 0.29) is 90.2 Å². The molecule has 3 aliphatic rings. The fourth-order valence-corrected chi connectivity index (χ4v) is 6.92. The number of carbonyl (C=O) groups is 3. The number of nitrogens with zero attached hydrogens (tertiary/aromatic N) is 8. The van der Waals surface area contributed by atoms with E-state index in [0.717, 1.165) is 18.6 Å². The maximum absolute atomic E-state index is 13.9. The van der Waals surface area contributed by atoms with Crippen LogP contribution in [0.2, 0.25) is 5.02 Å². The Hall–Kier alpha value is -5.68. The second-order valence-corrected chi connectivity index (χ2v) is 13.4. The van der Waals surface area contributed by atoms with Gasteiger partial charge in [0.2, 0.25) is 17.8 Å². The van der Waals surface area contributed by atoms with Gasteiger partial charge in [0.15, 0.2) is 23.5 Å². The van der Waals surface area contributed by atoms with Gasteiger partial charge in [-0.3, -0.25) is 14.4 Å². The zero-order valence-corrected chi connectivity index (χ0v) is 29.7. The summed E-state index contributed by atoms with van der Waals surface area (Å²) in [6, 6.07) is 8.93. The van der Waals surface area contributed by atoms with Gasteiger partial charge in [-0.1, -0.05) is 36.7 Å². The Labute approximate surface area is 306 Å². The molecule has 0 saturated carbocycles. The van der Waals surface area contributed by atoms with Crippen LogP contribution in [0.5, 0.6) is 5.75 Å². The van der Waals surface area contributed by atoms with E-state index in [1.807, 2.05) is 11.8 Å². The Morgan fingerprint density at radius 1 is 1.11 bits per heavy atom. The first kappa shape index (κ1) is 35.7. The Morgan fingerprint density at radius 2 is 1.87 bits per heavy atom. The van der Waals surface area contributed by atoms with Gasteiger partial charge in [0, 0.05) is 55.6 Å². The van der Waals surface area contributed by atoms with Crippen molar-refractivity contribution in [1.29, 1.82) is 0 Å². The van der Waals surface area contributed by atoms with E-state index < -0.39 is 24.0 Å². The third kappa shape index (κ3) is 6.72. The van der Waals surface area contributed by atoms with Crippen molar-refractivity contribution in [2.24, 2.45) is 0 Å². The SMILES string of the molecule is CCC1=C(N2CCN(C(=O)c3ncnc(C)c3O)CC2)C(O)n2nc(-c3ccc4c(c3)NC(=O)C4)nc2N1CC(=O)Nc1ccc(C(C)(F)F)cc1Cl. The number of nitrogens with one attached hydrogen (secondary N) is 2. The number of fused-ring (bicyclic) bond motifs is 2. The van der Waals surface area contributed by atoms with Gasteiger partial charge in [-0.15, -0.1) is 5.10 Å². The van der Waals surface area contributed by atoms with Crippen molar-refractivity contribution < 1.29 is 33.4 Å². The minimum atomic E-state index is -3.13. The van der Waals surface area contributed by atoms with Crippen LogP contribution in [0.1, 0.15) is 53.8 Å². The molecule has 3 amide bonds. The maximum atomic E-state index is 13.9. The second-order valence-electron chi connectivity index (χ2n) is 13.0. The number of aromatic hydroxyl groups is 1. The van der Waals surface area contributed by atoms with Crippen LogP contribution in [-0.4, -0.2) is 95.2 Å². The number of piperazine rings is 1. The summed E-state index contributed by atoms with van der Waals surface area (Å²) in [6.45, 7) is 4.92. The Kier molecular flexibility index (Phi) is 9.23. The van der Waals surface area contributed by atoms with Gasteiger partial charge in [0.25, 0.3) is 11.8 Å². The summed E-state index contributed by atoms with van der Waals surface area (Å²) in [5.74, 6) is -4.14. The highest BCUT2D eigenvalue weighted by Crippen LogP contribution is 2.39. The van der Waals surface area contributed by atoms with E-state index in [9.17, 15) is 33.4 Å². The predicted octanol–water partition coefficient (Wildman–Crippen LogP) is 4.04. The minimum absolute atomic E-state index is 0.0644. The third-order valence-electron chi connectivity index (χ3n) is 9.45. The number of rotatable bonds is 8. The molecule has 2 aromatic carbocycles. The van der Waals surface area contributed by atoms with E-state index in [4.69, 9.17) is 16.6 Å². The smallest absolute Gasteiger partial charge is 0.276 e. The van der Waals surface area contributed by atoms with Crippen LogP contribution in [0.3, 0.4) is 0 Å². The maximum Gasteiger partial charge on any atom is 0.276 e. The van der Waals surface area contributed by atoms with Crippen molar-refractivity contribution >= 4 is 46.6 Å². The number of aryl methyl sites for hydroxylation is 1. The molecule has 1 atom stereocenters. The molecular weight excluding hydrogens is 714 g/mol. The first-order valence-electron chi connectivity index (χ1n) is 16.8. The number of amides is 3. The standard InChI is InChI=1S/C35H35ClF2N10O5/c1-4-25-29(45-9-11-46(12-10-45)32(52)28-30(51)18(2)39-17-40-28)33(53)48-34(43-31(44-48)20-6-5-19-14-26(49)42-24(19)13-20)47(25)16-27(50)41-23-8-7-21(15-22(23)36)35(3,37)38/h5-8,13,15,17,33,51,53H,4,9-12,14,16H2,1-3H3,(H,41,50)(H,42,49). The zero-order valence-electron chi connectivity index (χ0n) is 28.9. The average molecular weight is 749 g/mol. The topological polar surface area (TPSA) is 182 Å². The third-order valence-corrected chi connectivity index (χ3v) is 9.76. The Balaban J connectivity index is 1.20. The first-order chi connectivity index (χ1) is 25.2. The normalized spacial score (nSPS) is 17.2. The van der Waals surface area contributed by atoms with Crippen LogP contribution in [0.25, 0.3) is 11.4 Å². The molecule has 5 heterocycles. The number of aromatic nitrogens is 5. The van der Waals surface area contributed by atoms with Crippen LogP contribution >= 0.6 is 11.6 Å². The Morgan fingerprint density at radius 3 is 2.57 bits per heavy atom. The number of aliphatic hydroxyl groups excluding tert-OH is 1. The number of halogens is 3. The molecule has 1 saturated heterocycles. The largest absolute Gasteiger partial charge is 0.504 e. The molecule has 2 aromatic heterocycles. The lowest BCUT2D eigenvalue weighted by atomic mass is 10.1. The highest BCUT2D eigenvalue weighted by Gasteiger charge is 2.39. The molecule has 3 aliphatic heterocycles. The summed E-state index contributed by atoms with van der Waals surface area (Å²) in [6.07, 6.45) is 0.489. The molecule has 53 heavy (non-hydrogen) atoms. The number of anilines is 3. The molecule has 15 nitrogen and oxygen atoms in total. The monoisotopic (exact) mass is 748 g/mol. The molecule has 7 rings (SSSR count). The van der Waals surface area contributed by atoms with E-state index in [1.165, 1.54) is 23.1 Å². The number of allylic oxidation sites excluding steroid dienone is 1. The number of carbonyl (C=O) groups excluding carboxylic acids is 3. The lowest BCUT2D eigenvalue weighted by molar-refractivity contribution is -0.115. The molecule has 4 N–H and O–H groups in total. The van der Waals surface area contributed by atoms with Crippen molar-refractivity contribution in [2.75, 3.05) is 48.3 Å². The van der Waals surface area contributed by atoms with Gasteiger partial charge in [0.1, 0.15) is 12.9 Å². The molecule has 0 radical (unpaired) electrons. The van der Waals surface area contributed by atoms with Gasteiger partial charge in [0.05, 0.1) is 28.5 Å². The minimum Gasteiger partial charge on any atom is -0.504 e. The van der Waals surface area contributed by atoms with Gasteiger partial charge in [-0.2, -0.15) is 9.67 Å². The van der Waals surface area contributed by atoms with E-state index in [1.54, 1.807) is 34.9 Å². The van der Waals surface area contributed by atoms with Crippen LogP contribution in [0, 0.1) is 6.92 Å². The molecule has 0 spiro atoms. The summed E-state index contributed by atoms with van der Waals surface area (Å²) in [5.41, 5.74) is 3.06. The molecule has 276 valence electrons. The fourth-order valence-electron chi connectivity index (χ4n) is 6.69. The van der Waals surface area contributed by atoms with Gasteiger partial charge in [-0.25, -0.2) is 18.7 Å². The highest BCUT2D eigenvalue weighted by atomic mass is 35.5. The first-order valence-corrected chi connectivity index (χ1v) is 17.2. The number of aliphatic hydroxyl groups is 1. The van der Waals surface area contributed by atoms with Crippen molar-refractivity contribution in [3.05, 3.63) is 81.7 Å². The van der Waals surface area contributed by atoms with Crippen LogP contribution in [0.15, 0.2) is 54.1 Å². The lowest BCUT2D eigenvalue weighted by Gasteiger charge is -2.43. The van der Waals surface area contributed by atoms with Crippen molar-refractivity contribution in [3.8, 4) is 17.1 Å². The second kappa shape index (κ2) is 13.7. The summed E-state index contributed by atoms with van der Waals surface area (Å²) in [4.78, 5) is 56.7. The summed E-state index contributed by atoms with van der Waals surface area (Å²) in [5, 5.41) is 32.5. The lowest BCUT2D eigenvalue weighted by Crippen LogP contribution is -2.51. The average Bonchev–Trinajstić information content (AvgIpc) is 3.74. The molecule has 1 unspecified atom stereocenters. The fraction of sp³-hybridized carbons (Fsp3) is 0.343. The van der Waals surface area contributed by atoms with Gasteiger partial charge in [-0.05, 0) is 37.1 Å². The van der Waals surface area contributed by atoms with E-state index in [0.29, 0.717) is 29.1 Å². The molecule has 0 aliphatic carbocycles. The van der Waals surface area contributed by atoms with E-state index in [2.05, 4.69) is 25.7 Å². The highest BCUT2D eigenvalue weighted by molar-refractivity contribution is 6.33. The van der Waals surface area contributed by atoms with Gasteiger partial charge < -0.3 is 35.5 Å². The summed E-state index contributed by atoms with van der Waals surface area (Å²) >= 11 is 6.30. The van der Waals surface area contributed by atoms with Crippen LogP contribution in [-0.2, 0) is 21.9 Å². The molecule has 4 aromatic rings. The number of hydrogen-bond acceptors (Lipinski definition) is 11. The number of hydrogen-bond donors (Lipinski definition) is 4. The number of benzene rings is 2. The molecule has 1 fully saturated rings. The summed E-state index contributed by atoms with van der Waals surface area (Å²) in [7, 11) is 0. The number of alkyl halides is 2. The Bertz CT molecular complexity index is 2180. The van der Waals surface area contributed by atoms with E-state index >= 15 is 0 Å². The van der Waals surface area contributed by atoms with Crippen molar-refractivity contribution in [3.63, 3.8) is 0 Å². The summed E-state index contributed by atoms with van der Waals surface area (Å²) < 4.78 is 29.1. The van der Waals surface area contributed by atoms with Crippen molar-refractivity contribution in [1.82, 2.24) is 34.5 Å². The van der Waals surface area contributed by atoms with Gasteiger partial charge >= 0.3 is 0 Å². The van der Waals surface area contributed by atoms with Crippen LogP contribution < -0.4 is 15.5 Å². The van der Waals surface area contributed by atoms with Crippen molar-refractivity contribution in [2.45, 2.75) is 45.8 Å². The van der Waals surface area contributed by atoms with Crippen LogP contribution in [0.4, 0.5) is 26.1 Å². The molecular formula is C35H35ClF2N10O5. The predicted molar refractivity (Wildman–Crippen MR) is 189 cm³/mol. The zero-order chi connectivity index (χ0) is 37.8. The molecule has 18 heteroatoms. The quantitative estimate of drug-likeness (QED) is 0.204. The molecule has 0 bridgehead atoms.